The average molecular weight is 316 g/mol. The first-order chi connectivity index (χ1) is 10.9. The molecule has 3 aliphatic rings. The minimum absolute atomic E-state index is 0.0673. The van der Waals surface area contributed by atoms with Gasteiger partial charge in [0.25, 0.3) is 0 Å². The molecule has 0 aromatic rings. The Hall–Kier alpha value is -1.35. The minimum atomic E-state index is -0.229. The van der Waals surface area contributed by atoms with Crippen molar-refractivity contribution in [3.8, 4) is 0 Å². The molecule has 0 amide bonds. The maximum atomic E-state index is 11.9. The smallest absolute Gasteiger partial charge is 0.334 e. The van der Waals surface area contributed by atoms with Crippen molar-refractivity contribution in [2.24, 2.45) is 5.92 Å². The summed E-state index contributed by atoms with van der Waals surface area (Å²) < 4.78 is 11.5. The van der Waals surface area contributed by atoms with Crippen LogP contribution in [0.2, 0.25) is 0 Å². The highest BCUT2D eigenvalue weighted by molar-refractivity contribution is 5.91. The van der Waals surface area contributed by atoms with E-state index in [1.54, 1.807) is 0 Å². The predicted molar refractivity (Wildman–Crippen MR) is 91.0 cm³/mol. The van der Waals surface area contributed by atoms with Gasteiger partial charge >= 0.3 is 5.97 Å². The molecule has 2 saturated heterocycles. The van der Waals surface area contributed by atoms with Crippen LogP contribution in [0.4, 0.5) is 0 Å². The number of fused-ring (bicyclic) bond motifs is 2. The molecule has 0 radical (unpaired) electrons. The molecule has 3 rings (SSSR count). The van der Waals surface area contributed by atoms with Crippen LogP contribution < -0.4 is 0 Å². The summed E-state index contributed by atoms with van der Waals surface area (Å²) in [5, 5.41) is 0. The van der Waals surface area contributed by atoms with E-state index in [1.807, 2.05) is 0 Å². The second kappa shape index (κ2) is 6.27. The van der Waals surface area contributed by atoms with Crippen molar-refractivity contribution in [3.05, 3.63) is 35.5 Å². The van der Waals surface area contributed by atoms with Gasteiger partial charge in [0, 0.05) is 11.5 Å². The third-order valence-corrected chi connectivity index (χ3v) is 5.62. The predicted octanol–water partition coefficient (Wildman–Crippen LogP) is 4.49. The monoisotopic (exact) mass is 316 g/mol. The van der Waals surface area contributed by atoms with Gasteiger partial charge < -0.3 is 9.47 Å². The van der Waals surface area contributed by atoms with Crippen LogP contribution in [-0.2, 0) is 14.3 Å². The Morgan fingerprint density at radius 3 is 2.74 bits per heavy atom. The topological polar surface area (TPSA) is 38.8 Å². The van der Waals surface area contributed by atoms with Gasteiger partial charge in [-0.15, -0.1) is 0 Å². The molecular formula is C20H28O3. The Labute approximate surface area is 139 Å². The molecule has 126 valence electrons. The normalized spacial score (nSPS) is 43.2. The standard InChI is InChI=1S/C20H28O3/c1-13-6-5-11-20(4)18(23-20)10-8-14(2)12-17-16(9-7-13)15(3)19(21)22-17/h6,12,16-18H,3,5,7-11H2,1-2,4H3/b13-6+,14-12+/t16-,17-,18+,20+/m0/s1. The lowest BCUT2D eigenvalue weighted by molar-refractivity contribution is -0.137. The minimum Gasteiger partial charge on any atom is -0.454 e. The molecule has 2 aliphatic heterocycles. The molecule has 1 aliphatic carbocycles. The molecule has 2 heterocycles. The van der Waals surface area contributed by atoms with E-state index in [2.05, 4.69) is 39.5 Å². The first kappa shape index (κ1) is 16.5. The van der Waals surface area contributed by atoms with Gasteiger partial charge in [-0.25, -0.2) is 4.79 Å². The lowest BCUT2D eigenvalue weighted by Crippen LogP contribution is -2.15. The summed E-state index contributed by atoms with van der Waals surface area (Å²) in [7, 11) is 0. The van der Waals surface area contributed by atoms with Gasteiger partial charge in [-0.05, 0) is 65.4 Å². The maximum absolute atomic E-state index is 11.9. The second-order valence-electron chi connectivity index (χ2n) is 7.60. The van der Waals surface area contributed by atoms with Crippen LogP contribution in [-0.4, -0.2) is 23.8 Å². The lowest BCUT2D eigenvalue weighted by atomic mass is 9.88. The number of allylic oxidation sites excluding steroid dienone is 3. The van der Waals surface area contributed by atoms with Crippen molar-refractivity contribution < 1.29 is 14.3 Å². The largest absolute Gasteiger partial charge is 0.454 e. The van der Waals surface area contributed by atoms with Crippen molar-refractivity contribution >= 4 is 5.97 Å². The fourth-order valence-corrected chi connectivity index (χ4v) is 3.81. The lowest BCUT2D eigenvalue weighted by Gasteiger charge is -2.16. The van der Waals surface area contributed by atoms with E-state index < -0.39 is 0 Å². The molecule has 0 unspecified atom stereocenters. The van der Waals surface area contributed by atoms with Crippen molar-refractivity contribution in [1.82, 2.24) is 0 Å². The first-order valence-electron chi connectivity index (χ1n) is 8.79. The molecule has 3 heteroatoms. The van der Waals surface area contributed by atoms with Crippen molar-refractivity contribution in [1.29, 1.82) is 0 Å². The van der Waals surface area contributed by atoms with Crippen LogP contribution in [0.5, 0.6) is 0 Å². The molecule has 3 nitrogen and oxygen atoms in total. The van der Waals surface area contributed by atoms with Crippen LogP contribution in [0.1, 0.15) is 59.3 Å². The number of rotatable bonds is 0. The summed E-state index contributed by atoms with van der Waals surface area (Å²) >= 11 is 0. The zero-order valence-electron chi connectivity index (χ0n) is 14.6. The van der Waals surface area contributed by atoms with E-state index in [1.165, 1.54) is 11.1 Å². The Kier molecular flexibility index (Phi) is 4.50. The van der Waals surface area contributed by atoms with Gasteiger partial charge in [0.15, 0.2) is 0 Å². The zero-order valence-corrected chi connectivity index (χ0v) is 14.6. The molecular weight excluding hydrogens is 288 g/mol. The number of ether oxygens (including phenoxy) is 2. The highest BCUT2D eigenvalue weighted by Crippen LogP contribution is 2.44. The summed E-state index contributed by atoms with van der Waals surface area (Å²) in [4.78, 5) is 11.9. The third-order valence-electron chi connectivity index (χ3n) is 5.62. The fourth-order valence-electron chi connectivity index (χ4n) is 3.81. The van der Waals surface area contributed by atoms with Crippen LogP contribution in [0, 0.1) is 5.92 Å². The number of hydrogen-bond donors (Lipinski definition) is 0. The molecule has 0 spiro atoms. The highest BCUT2D eigenvalue weighted by atomic mass is 16.6. The number of hydrogen-bond acceptors (Lipinski definition) is 3. The number of carbonyl (C=O) groups is 1. The van der Waals surface area contributed by atoms with E-state index in [-0.39, 0.29) is 23.6 Å². The first-order valence-corrected chi connectivity index (χ1v) is 8.79. The van der Waals surface area contributed by atoms with Crippen molar-refractivity contribution in [2.75, 3.05) is 0 Å². The average Bonchev–Trinajstić information content (AvgIpc) is 3.06. The quantitative estimate of drug-likeness (QED) is 0.286. The molecule has 23 heavy (non-hydrogen) atoms. The highest BCUT2D eigenvalue weighted by Gasteiger charge is 2.50. The van der Waals surface area contributed by atoms with Gasteiger partial charge in [0.1, 0.15) is 6.10 Å². The van der Waals surface area contributed by atoms with Crippen LogP contribution in [0.15, 0.2) is 35.5 Å². The molecule has 0 bridgehead atoms. The van der Waals surface area contributed by atoms with Crippen molar-refractivity contribution in [3.63, 3.8) is 0 Å². The Bertz CT molecular complexity index is 571. The second-order valence-corrected chi connectivity index (χ2v) is 7.60. The summed E-state index contributed by atoms with van der Waals surface area (Å²) in [6, 6.07) is 0. The Balaban J connectivity index is 1.77. The SMILES string of the molecule is C=C1C(=O)O[C@H]2/C=C(\C)CC[C@H]3O[C@]3(C)CC/C=C(\C)CC[C@@H]12. The molecule has 0 aromatic carbocycles. The van der Waals surface area contributed by atoms with Gasteiger partial charge in [-0.3, -0.25) is 0 Å². The van der Waals surface area contributed by atoms with Gasteiger partial charge in [-0.2, -0.15) is 0 Å². The summed E-state index contributed by atoms with van der Waals surface area (Å²) in [5.74, 6) is -0.112. The van der Waals surface area contributed by atoms with Gasteiger partial charge in [0.05, 0.1) is 11.7 Å². The van der Waals surface area contributed by atoms with Crippen LogP contribution in [0.3, 0.4) is 0 Å². The van der Waals surface area contributed by atoms with E-state index >= 15 is 0 Å². The molecule has 0 saturated carbocycles. The van der Waals surface area contributed by atoms with Crippen molar-refractivity contribution in [2.45, 2.75) is 77.1 Å². The Morgan fingerprint density at radius 2 is 1.96 bits per heavy atom. The number of epoxide rings is 1. The number of carbonyl (C=O) groups excluding carboxylic acids is 1. The maximum Gasteiger partial charge on any atom is 0.334 e. The van der Waals surface area contributed by atoms with Crippen LogP contribution in [0.25, 0.3) is 0 Å². The van der Waals surface area contributed by atoms with E-state index in [0.717, 1.165) is 38.5 Å². The van der Waals surface area contributed by atoms with E-state index in [4.69, 9.17) is 9.47 Å². The zero-order chi connectivity index (χ0) is 16.6. The van der Waals surface area contributed by atoms with Crippen LogP contribution >= 0.6 is 0 Å². The summed E-state index contributed by atoms with van der Waals surface area (Å²) in [6.07, 6.45) is 10.8. The van der Waals surface area contributed by atoms with Gasteiger partial charge in [-0.1, -0.05) is 23.8 Å². The third kappa shape index (κ3) is 3.60. The molecule has 4 atom stereocenters. The molecule has 2 fully saturated rings. The fraction of sp³-hybridized carbons (Fsp3) is 0.650. The molecule has 0 N–H and O–H groups in total. The number of esters is 1. The molecule has 0 aromatic heterocycles. The van der Waals surface area contributed by atoms with E-state index in [9.17, 15) is 4.79 Å². The van der Waals surface area contributed by atoms with Gasteiger partial charge in [0.2, 0.25) is 0 Å². The van der Waals surface area contributed by atoms with E-state index in [0.29, 0.717) is 11.7 Å². The Morgan fingerprint density at radius 1 is 1.22 bits per heavy atom. The summed E-state index contributed by atoms with van der Waals surface area (Å²) in [5.41, 5.74) is 3.37. The summed E-state index contributed by atoms with van der Waals surface area (Å²) in [6.45, 7) is 10.5.